The lowest BCUT2D eigenvalue weighted by Crippen LogP contribution is -2.46. The number of primary amides is 1. The number of fused-ring (bicyclic) bond motifs is 1. The quantitative estimate of drug-likeness (QED) is 0.626. The highest BCUT2D eigenvalue weighted by atomic mass is 32.1. The molecule has 2 aromatic heterocycles. The summed E-state index contributed by atoms with van der Waals surface area (Å²) in [6.07, 6.45) is 0.345. The van der Waals surface area contributed by atoms with E-state index in [-0.39, 0.29) is 12.2 Å². The zero-order chi connectivity index (χ0) is 21.3. The molecule has 3 rings (SSSR count). The molecule has 7 nitrogen and oxygen atoms in total. The third-order valence-corrected chi connectivity index (χ3v) is 6.00. The number of carbonyl (C=O) groups is 2. The van der Waals surface area contributed by atoms with E-state index < -0.39 is 17.4 Å². The molecule has 0 radical (unpaired) electrons. The van der Waals surface area contributed by atoms with Gasteiger partial charge in [-0.1, -0.05) is 30.3 Å². The molecule has 0 atom stereocenters. The summed E-state index contributed by atoms with van der Waals surface area (Å²) in [7, 11) is 0. The van der Waals surface area contributed by atoms with Crippen molar-refractivity contribution in [2.24, 2.45) is 5.73 Å². The lowest BCUT2D eigenvalue weighted by Gasteiger charge is -2.27. The number of hydrogen-bond acceptors (Lipinski definition) is 6. The Balaban J connectivity index is 2.33. The molecule has 0 fully saturated rings. The minimum absolute atomic E-state index is 0.198. The van der Waals surface area contributed by atoms with Gasteiger partial charge < -0.3 is 10.5 Å². The molecule has 0 saturated carbocycles. The van der Waals surface area contributed by atoms with Gasteiger partial charge in [-0.05, 0) is 38.8 Å². The van der Waals surface area contributed by atoms with E-state index in [1.54, 1.807) is 27.7 Å². The largest absolute Gasteiger partial charge is 0.464 e. The molecule has 0 bridgehead atoms. The van der Waals surface area contributed by atoms with E-state index in [2.05, 4.69) is 4.98 Å². The van der Waals surface area contributed by atoms with Crippen LogP contribution in [0.4, 0.5) is 0 Å². The van der Waals surface area contributed by atoms with Crippen molar-refractivity contribution in [1.29, 1.82) is 0 Å². The standard InChI is InChI=1S/C21H23N3O4S/c1-5-28-20(27)21(3,4)24-14(11-13-9-7-6-8-10-13)23-18-15(19(24)26)12(2)16(29-18)17(22)25/h6-10H,5,11H2,1-4H3,(H2,22,25). The molecular formula is C21H23N3O4S. The highest BCUT2D eigenvalue weighted by molar-refractivity contribution is 7.20. The Kier molecular flexibility index (Phi) is 5.57. The average molecular weight is 413 g/mol. The van der Waals surface area contributed by atoms with E-state index in [1.807, 2.05) is 30.3 Å². The van der Waals surface area contributed by atoms with E-state index in [1.165, 1.54) is 4.57 Å². The number of carbonyl (C=O) groups excluding carboxylic acids is 2. The molecule has 0 unspecified atom stereocenters. The first-order valence-corrected chi connectivity index (χ1v) is 10.1. The SMILES string of the molecule is CCOC(=O)C(C)(C)n1c(Cc2ccccc2)nc2sc(C(N)=O)c(C)c2c1=O. The van der Waals surface area contributed by atoms with Gasteiger partial charge in [-0.2, -0.15) is 0 Å². The Bertz CT molecular complexity index is 1150. The maximum absolute atomic E-state index is 13.5. The van der Waals surface area contributed by atoms with Crippen LogP contribution in [0.25, 0.3) is 10.2 Å². The van der Waals surface area contributed by atoms with Crippen LogP contribution < -0.4 is 11.3 Å². The van der Waals surface area contributed by atoms with Crippen LogP contribution in [0.5, 0.6) is 0 Å². The average Bonchev–Trinajstić information content (AvgIpc) is 2.99. The fourth-order valence-electron chi connectivity index (χ4n) is 3.33. The summed E-state index contributed by atoms with van der Waals surface area (Å²) in [6.45, 7) is 6.84. The summed E-state index contributed by atoms with van der Waals surface area (Å²) in [5.74, 6) is -0.713. The predicted octanol–water partition coefficient (Wildman–Crippen LogP) is 2.75. The lowest BCUT2D eigenvalue weighted by molar-refractivity contribution is -0.152. The first kappa shape index (κ1) is 20.7. The topological polar surface area (TPSA) is 104 Å². The summed E-state index contributed by atoms with van der Waals surface area (Å²) in [5.41, 5.74) is 5.22. The monoisotopic (exact) mass is 413 g/mol. The zero-order valence-corrected chi connectivity index (χ0v) is 17.6. The van der Waals surface area contributed by atoms with Crippen LogP contribution in [0.2, 0.25) is 0 Å². The van der Waals surface area contributed by atoms with Crippen molar-refractivity contribution in [3.63, 3.8) is 0 Å². The lowest BCUT2D eigenvalue weighted by atomic mass is 10.0. The van der Waals surface area contributed by atoms with Gasteiger partial charge in [0.25, 0.3) is 11.5 Å². The van der Waals surface area contributed by atoms with Crippen LogP contribution in [-0.4, -0.2) is 28.0 Å². The van der Waals surface area contributed by atoms with Crippen LogP contribution in [0, 0.1) is 6.92 Å². The molecule has 0 aliphatic rings. The van der Waals surface area contributed by atoms with Crippen molar-refractivity contribution < 1.29 is 14.3 Å². The molecule has 2 N–H and O–H groups in total. The van der Waals surface area contributed by atoms with Crippen molar-refractivity contribution in [3.05, 3.63) is 62.5 Å². The Labute approximate surface area is 172 Å². The van der Waals surface area contributed by atoms with Gasteiger partial charge in [0.1, 0.15) is 16.2 Å². The van der Waals surface area contributed by atoms with E-state index >= 15 is 0 Å². The van der Waals surface area contributed by atoms with Gasteiger partial charge in [0.2, 0.25) is 0 Å². The molecule has 1 amide bonds. The highest BCUT2D eigenvalue weighted by Crippen LogP contribution is 2.29. The van der Waals surface area contributed by atoms with Crippen LogP contribution in [0.15, 0.2) is 35.1 Å². The van der Waals surface area contributed by atoms with Gasteiger partial charge in [-0.15, -0.1) is 11.3 Å². The number of ether oxygens (including phenoxy) is 1. The summed E-state index contributed by atoms with van der Waals surface area (Å²) < 4.78 is 6.59. The number of esters is 1. The molecular weight excluding hydrogens is 390 g/mol. The third-order valence-electron chi connectivity index (χ3n) is 4.80. The number of benzene rings is 1. The summed E-state index contributed by atoms with van der Waals surface area (Å²) in [6, 6.07) is 9.54. The smallest absolute Gasteiger partial charge is 0.331 e. The van der Waals surface area contributed by atoms with Crippen molar-refractivity contribution in [2.45, 2.75) is 39.7 Å². The fraction of sp³-hybridized carbons (Fsp3) is 0.333. The molecule has 0 aliphatic carbocycles. The van der Waals surface area contributed by atoms with E-state index in [0.717, 1.165) is 16.9 Å². The summed E-state index contributed by atoms with van der Waals surface area (Å²) in [5, 5.41) is 0.304. The molecule has 0 aliphatic heterocycles. The van der Waals surface area contributed by atoms with Crippen LogP contribution in [-0.2, 0) is 21.5 Å². The van der Waals surface area contributed by atoms with Crippen molar-refractivity contribution in [1.82, 2.24) is 9.55 Å². The second kappa shape index (κ2) is 7.79. The Morgan fingerprint density at radius 2 is 1.90 bits per heavy atom. The van der Waals surface area contributed by atoms with E-state index in [4.69, 9.17) is 10.5 Å². The minimum Gasteiger partial charge on any atom is -0.464 e. The second-order valence-electron chi connectivity index (χ2n) is 7.21. The first-order valence-electron chi connectivity index (χ1n) is 9.25. The molecule has 2 heterocycles. The molecule has 29 heavy (non-hydrogen) atoms. The van der Waals surface area contributed by atoms with Gasteiger partial charge in [0.15, 0.2) is 0 Å². The fourth-order valence-corrected chi connectivity index (χ4v) is 4.38. The number of thiophene rings is 1. The van der Waals surface area contributed by atoms with Crippen molar-refractivity contribution >= 4 is 33.4 Å². The van der Waals surface area contributed by atoms with Crippen LogP contribution >= 0.6 is 11.3 Å². The molecule has 0 saturated heterocycles. The van der Waals surface area contributed by atoms with Gasteiger partial charge in [0.05, 0.1) is 16.9 Å². The number of amides is 1. The Morgan fingerprint density at radius 1 is 1.24 bits per heavy atom. The number of rotatable bonds is 6. The number of hydrogen-bond donors (Lipinski definition) is 1. The first-order chi connectivity index (χ1) is 13.7. The van der Waals surface area contributed by atoms with Gasteiger partial charge in [-0.3, -0.25) is 14.2 Å². The highest BCUT2D eigenvalue weighted by Gasteiger charge is 2.36. The van der Waals surface area contributed by atoms with Crippen molar-refractivity contribution in [2.75, 3.05) is 6.61 Å². The molecule has 8 heteroatoms. The van der Waals surface area contributed by atoms with Gasteiger partial charge >= 0.3 is 5.97 Å². The number of nitrogens with zero attached hydrogens (tertiary/aromatic N) is 2. The van der Waals surface area contributed by atoms with E-state index in [0.29, 0.717) is 32.9 Å². The molecule has 0 spiro atoms. The van der Waals surface area contributed by atoms with Crippen molar-refractivity contribution in [3.8, 4) is 0 Å². The van der Waals surface area contributed by atoms with Gasteiger partial charge in [0, 0.05) is 6.42 Å². The Hall–Kier alpha value is -3.00. The molecule has 152 valence electrons. The second-order valence-corrected chi connectivity index (χ2v) is 8.21. The Morgan fingerprint density at radius 3 is 2.48 bits per heavy atom. The maximum atomic E-state index is 13.5. The third kappa shape index (κ3) is 3.67. The number of aromatic nitrogens is 2. The zero-order valence-electron chi connectivity index (χ0n) is 16.8. The minimum atomic E-state index is -1.28. The van der Waals surface area contributed by atoms with Gasteiger partial charge in [-0.25, -0.2) is 9.78 Å². The summed E-state index contributed by atoms with van der Waals surface area (Å²) in [4.78, 5) is 43.4. The number of nitrogens with two attached hydrogens (primary N) is 1. The maximum Gasteiger partial charge on any atom is 0.331 e. The van der Waals surface area contributed by atoms with Crippen LogP contribution in [0.3, 0.4) is 0 Å². The van der Waals surface area contributed by atoms with E-state index in [9.17, 15) is 14.4 Å². The number of aryl methyl sites for hydroxylation is 1. The predicted molar refractivity (Wildman–Crippen MR) is 112 cm³/mol. The summed E-state index contributed by atoms with van der Waals surface area (Å²) >= 11 is 1.09. The molecule has 1 aromatic carbocycles. The molecule has 3 aromatic rings. The van der Waals surface area contributed by atoms with Crippen LogP contribution in [0.1, 0.15) is 47.4 Å². The normalized spacial score (nSPS) is 11.6.